The zero-order valence-corrected chi connectivity index (χ0v) is 23.5. The lowest BCUT2D eigenvalue weighted by atomic mass is 9.70. The van der Waals surface area contributed by atoms with E-state index in [2.05, 4.69) is 16.2 Å². The first-order chi connectivity index (χ1) is 18.9. The Labute approximate surface area is 233 Å². The molecule has 2 aromatic carbocycles. The van der Waals surface area contributed by atoms with E-state index >= 15 is 0 Å². The van der Waals surface area contributed by atoms with Crippen molar-refractivity contribution >= 4 is 17.3 Å². The predicted molar refractivity (Wildman–Crippen MR) is 147 cm³/mol. The standard InChI is InChI=1S/C29H36F3N5O3/c1-20(2)28(19-33,22-11-14-24(39-4)25(18-22)40-5)15-7-17-35-16-6-8-21-9-12-23(13-10-21)37(3)27(38)26(36-34)29(30,31)32/h9-14,18,20,35H,6-8,15-17H2,1-5H3. The molecule has 0 spiro atoms. The van der Waals surface area contributed by atoms with Crippen molar-refractivity contribution in [2.45, 2.75) is 51.1 Å². The van der Waals surface area contributed by atoms with E-state index in [1.165, 1.54) is 7.05 Å². The number of alkyl halides is 3. The number of methoxy groups -OCH3 is 2. The van der Waals surface area contributed by atoms with Crippen molar-refractivity contribution in [3.63, 3.8) is 0 Å². The lowest BCUT2D eigenvalue weighted by molar-refractivity contribution is -0.135. The second-order valence-corrected chi connectivity index (χ2v) is 9.74. The van der Waals surface area contributed by atoms with Crippen molar-refractivity contribution in [3.05, 3.63) is 59.1 Å². The molecule has 1 amide bonds. The van der Waals surface area contributed by atoms with E-state index in [0.29, 0.717) is 17.9 Å². The van der Waals surface area contributed by atoms with Gasteiger partial charge in [0.25, 0.3) is 0 Å². The third kappa shape index (κ3) is 7.84. The molecule has 1 unspecified atom stereocenters. The van der Waals surface area contributed by atoms with Gasteiger partial charge < -0.3 is 25.2 Å². The number of nitrogens with zero attached hydrogens (tertiary/aromatic N) is 4. The van der Waals surface area contributed by atoms with Gasteiger partial charge in [-0.1, -0.05) is 32.0 Å². The first kappa shape index (κ1) is 32.3. The van der Waals surface area contributed by atoms with Gasteiger partial charge in [-0.15, -0.1) is 0 Å². The van der Waals surface area contributed by atoms with Crippen LogP contribution < -0.4 is 19.7 Å². The fraction of sp³-hybridized carbons (Fsp3) is 0.483. The van der Waals surface area contributed by atoms with Crippen LogP contribution in [0.3, 0.4) is 0 Å². The number of anilines is 1. The maximum atomic E-state index is 12.8. The molecule has 11 heteroatoms. The number of nitriles is 1. The summed E-state index contributed by atoms with van der Waals surface area (Å²) in [4.78, 5) is 14.9. The maximum absolute atomic E-state index is 12.8. The Morgan fingerprint density at radius 3 is 2.23 bits per heavy atom. The minimum Gasteiger partial charge on any atom is -0.493 e. The summed E-state index contributed by atoms with van der Waals surface area (Å²) in [6.07, 6.45) is -2.02. The van der Waals surface area contributed by atoms with Crippen LogP contribution in [0.25, 0.3) is 5.53 Å². The second kappa shape index (κ2) is 14.5. The number of carbonyl (C=O) groups is 1. The molecule has 40 heavy (non-hydrogen) atoms. The van der Waals surface area contributed by atoms with Gasteiger partial charge >= 0.3 is 17.8 Å². The van der Waals surface area contributed by atoms with Crippen LogP contribution in [-0.4, -0.2) is 56.9 Å². The second-order valence-electron chi connectivity index (χ2n) is 9.74. The zero-order valence-electron chi connectivity index (χ0n) is 23.5. The number of halogens is 3. The van der Waals surface area contributed by atoms with Crippen LogP contribution in [0.4, 0.5) is 18.9 Å². The fourth-order valence-electron chi connectivity index (χ4n) is 4.55. The van der Waals surface area contributed by atoms with Crippen molar-refractivity contribution in [1.29, 1.82) is 5.26 Å². The molecule has 0 saturated carbocycles. The largest absolute Gasteiger partial charge is 0.501 e. The van der Waals surface area contributed by atoms with Crippen molar-refractivity contribution in [2.24, 2.45) is 5.92 Å². The Balaban J connectivity index is 1.86. The highest BCUT2D eigenvalue weighted by Gasteiger charge is 2.51. The van der Waals surface area contributed by atoms with Crippen LogP contribution in [0.1, 0.15) is 44.2 Å². The van der Waals surface area contributed by atoms with E-state index in [1.807, 2.05) is 32.0 Å². The molecule has 0 bridgehead atoms. The maximum Gasteiger partial charge on any atom is 0.501 e. The summed E-state index contributed by atoms with van der Waals surface area (Å²) in [5, 5.41) is 13.6. The number of hydrogen-bond acceptors (Lipinski definition) is 5. The lowest BCUT2D eigenvalue weighted by Gasteiger charge is -2.32. The average Bonchev–Trinajstić information content (AvgIpc) is 2.93. The van der Waals surface area contributed by atoms with Crippen LogP contribution in [0.15, 0.2) is 42.5 Å². The summed E-state index contributed by atoms with van der Waals surface area (Å²) >= 11 is 0. The van der Waals surface area contributed by atoms with Gasteiger partial charge in [0.1, 0.15) is 0 Å². The minimum absolute atomic E-state index is 0.0869. The van der Waals surface area contributed by atoms with Crippen LogP contribution in [0.2, 0.25) is 0 Å². The highest BCUT2D eigenvalue weighted by molar-refractivity contribution is 6.43. The van der Waals surface area contributed by atoms with Gasteiger partial charge in [-0.05, 0) is 80.1 Å². The number of amides is 1. The fourth-order valence-corrected chi connectivity index (χ4v) is 4.55. The highest BCUT2D eigenvalue weighted by atomic mass is 19.4. The van der Waals surface area contributed by atoms with Crippen molar-refractivity contribution in [3.8, 4) is 17.6 Å². The number of aryl methyl sites for hydroxylation is 1. The van der Waals surface area contributed by atoms with E-state index in [0.717, 1.165) is 48.4 Å². The van der Waals surface area contributed by atoms with Crippen molar-refractivity contribution in [2.75, 3.05) is 39.3 Å². The number of ether oxygens (including phenoxy) is 2. The van der Waals surface area contributed by atoms with Crippen LogP contribution in [0, 0.1) is 17.2 Å². The van der Waals surface area contributed by atoms with E-state index in [-0.39, 0.29) is 11.6 Å². The highest BCUT2D eigenvalue weighted by Crippen LogP contribution is 2.40. The van der Waals surface area contributed by atoms with Gasteiger partial charge in [-0.25, -0.2) is 0 Å². The molecule has 2 aromatic rings. The molecule has 216 valence electrons. The summed E-state index contributed by atoms with van der Waals surface area (Å²) < 4.78 is 49.3. The van der Waals surface area contributed by atoms with Crippen molar-refractivity contribution < 1.29 is 32.2 Å². The molecule has 0 aromatic heterocycles. The van der Waals surface area contributed by atoms with Crippen molar-refractivity contribution in [1.82, 2.24) is 5.32 Å². The number of benzene rings is 2. The third-order valence-electron chi connectivity index (χ3n) is 7.03. The quantitative estimate of drug-likeness (QED) is 0.146. The predicted octanol–water partition coefficient (Wildman–Crippen LogP) is 5.32. The number of nitrogens with one attached hydrogen (secondary N) is 1. The Bertz CT molecular complexity index is 1230. The van der Waals surface area contributed by atoms with Gasteiger partial charge in [0, 0.05) is 12.7 Å². The van der Waals surface area contributed by atoms with Crippen LogP contribution in [-0.2, 0) is 16.6 Å². The molecule has 0 aliphatic carbocycles. The zero-order chi connectivity index (χ0) is 29.9. The van der Waals surface area contributed by atoms with Gasteiger partial charge in [0.15, 0.2) is 11.5 Å². The molecule has 0 aliphatic heterocycles. The summed E-state index contributed by atoms with van der Waals surface area (Å²) in [5.74, 6) is -0.153. The molecule has 0 heterocycles. The summed E-state index contributed by atoms with van der Waals surface area (Å²) in [6.45, 7) is 5.58. The monoisotopic (exact) mass is 559 g/mol. The third-order valence-corrected chi connectivity index (χ3v) is 7.03. The van der Waals surface area contributed by atoms with Crippen LogP contribution in [0.5, 0.6) is 11.5 Å². The number of hydrogen-bond donors (Lipinski definition) is 1. The van der Waals surface area contributed by atoms with Crippen LogP contribution >= 0.6 is 0 Å². The van der Waals surface area contributed by atoms with E-state index < -0.39 is 23.2 Å². The number of rotatable bonds is 14. The Kier molecular flexibility index (Phi) is 11.7. The molecular formula is C29H36F3N5O3. The summed E-state index contributed by atoms with van der Waals surface area (Å²) in [7, 11) is 4.33. The van der Waals surface area contributed by atoms with Gasteiger partial charge in [0.05, 0.1) is 25.7 Å². The molecule has 0 fully saturated rings. The SMILES string of the molecule is COc1ccc(C(C#N)(CCCNCCCc2ccc(N(C)C(=O)C(=[N+]=[N-])C(F)(F)F)cc2)C(C)C)cc1OC. The normalized spacial score (nSPS) is 12.7. The molecule has 0 radical (unpaired) electrons. The molecule has 2 rings (SSSR count). The molecular weight excluding hydrogens is 523 g/mol. The molecule has 0 aliphatic rings. The summed E-state index contributed by atoms with van der Waals surface area (Å²) in [5.41, 5.74) is 8.17. The molecule has 1 atom stereocenters. The first-order valence-electron chi connectivity index (χ1n) is 13.0. The molecule has 0 saturated heterocycles. The Morgan fingerprint density at radius 1 is 1.07 bits per heavy atom. The molecule has 1 N–H and O–H groups in total. The molecule has 8 nitrogen and oxygen atoms in total. The van der Waals surface area contributed by atoms with Gasteiger partial charge in [0.2, 0.25) is 0 Å². The van der Waals surface area contributed by atoms with E-state index in [1.54, 1.807) is 38.5 Å². The smallest absolute Gasteiger partial charge is 0.493 e. The average molecular weight is 560 g/mol. The van der Waals surface area contributed by atoms with Gasteiger partial charge in [-0.2, -0.15) is 23.2 Å². The first-order valence-corrected chi connectivity index (χ1v) is 13.0. The van der Waals surface area contributed by atoms with E-state index in [9.17, 15) is 23.2 Å². The Hall–Kier alpha value is -3.87. The van der Waals surface area contributed by atoms with Gasteiger partial charge in [-0.3, -0.25) is 4.79 Å². The van der Waals surface area contributed by atoms with E-state index in [4.69, 9.17) is 15.0 Å². The number of carbonyl (C=O) groups excluding carboxylic acids is 1. The minimum atomic E-state index is -5.05. The lowest BCUT2D eigenvalue weighted by Crippen LogP contribution is -2.42. The topological polar surface area (TPSA) is 111 Å². The summed E-state index contributed by atoms with van der Waals surface area (Å²) in [6, 6.07) is 14.8. The Morgan fingerprint density at radius 2 is 1.70 bits per heavy atom.